The van der Waals surface area contributed by atoms with E-state index >= 15 is 0 Å². The third-order valence-corrected chi connectivity index (χ3v) is 3.23. The van der Waals surface area contributed by atoms with Crippen LogP contribution in [0.25, 0.3) is 0 Å². The van der Waals surface area contributed by atoms with E-state index in [2.05, 4.69) is 26.6 Å². The van der Waals surface area contributed by atoms with Gasteiger partial charge in [-0.1, -0.05) is 0 Å². The Labute approximate surface area is 102 Å². The van der Waals surface area contributed by atoms with E-state index in [4.69, 9.17) is 0 Å². The van der Waals surface area contributed by atoms with Gasteiger partial charge in [-0.2, -0.15) is 0 Å². The van der Waals surface area contributed by atoms with E-state index in [-0.39, 0.29) is 17.8 Å². The van der Waals surface area contributed by atoms with Crippen molar-refractivity contribution in [3.63, 3.8) is 0 Å². The Morgan fingerprint density at radius 3 is 3.00 bits per heavy atom. The molecule has 1 aliphatic heterocycles. The van der Waals surface area contributed by atoms with Gasteiger partial charge < -0.3 is 10.6 Å². The van der Waals surface area contributed by atoms with Crippen LogP contribution in [-0.4, -0.2) is 25.0 Å². The maximum atomic E-state index is 12.8. The summed E-state index contributed by atoms with van der Waals surface area (Å²) in [6, 6.07) is 4.23. The molecule has 0 saturated carbocycles. The van der Waals surface area contributed by atoms with Crippen molar-refractivity contribution in [1.82, 2.24) is 10.6 Å². The molecule has 86 valence electrons. The molecule has 0 bridgehead atoms. The number of hydrogen-bond acceptors (Lipinski definition) is 2. The van der Waals surface area contributed by atoms with E-state index in [9.17, 15) is 9.18 Å². The summed E-state index contributed by atoms with van der Waals surface area (Å²) in [6.45, 7) is 1.72. The fourth-order valence-corrected chi connectivity index (χ4v) is 2.25. The second kappa shape index (κ2) is 4.93. The van der Waals surface area contributed by atoms with E-state index in [1.165, 1.54) is 18.2 Å². The van der Waals surface area contributed by atoms with Gasteiger partial charge in [0.05, 0.1) is 5.56 Å². The SMILES string of the molecule is O=C(N[C@H]1CCNC1)c1ccc(F)cc1Br. The molecule has 0 radical (unpaired) electrons. The van der Waals surface area contributed by atoms with Gasteiger partial charge in [-0.3, -0.25) is 4.79 Å². The third-order valence-electron chi connectivity index (χ3n) is 2.57. The lowest BCUT2D eigenvalue weighted by molar-refractivity contribution is 0.0939. The number of carbonyl (C=O) groups is 1. The van der Waals surface area contributed by atoms with Crippen molar-refractivity contribution in [3.8, 4) is 0 Å². The van der Waals surface area contributed by atoms with Crippen molar-refractivity contribution in [2.75, 3.05) is 13.1 Å². The van der Waals surface area contributed by atoms with E-state index < -0.39 is 0 Å². The zero-order chi connectivity index (χ0) is 11.5. The molecule has 0 aromatic heterocycles. The van der Waals surface area contributed by atoms with Crippen LogP contribution in [0.5, 0.6) is 0 Å². The first-order valence-electron chi connectivity index (χ1n) is 5.13. The first-order chi connectivity index (χ1) is 7.66. The fraction of sp³-hybridized carbons (Fsp3) is 0.364. The zero-order valence-electron chi connectivity index (χ0n) is 8.59. The standard InChI is InChI=1S/C11H12BrFN2O/c12-10-5-7(13)1-2-9(10)11(16)15-8-3-4-14-6-8/h1-2,5,8,14H,3-4,6H2,(H,15,16)/t8-/m0/s1. The summed E-state index contributed by atoms with van der Waals surface area (Å²) in [7, 11) is 0. The van der Waals surface area contributed by atoms with Gasteiger partial charge in [0.15, 0.2) is 0 Å². The van der Waals surface area contributed by atoms with Gasteiger partial charge in [-0.05, 0) is 47.1 Å². The molecule has 1 heterocycles. The number of hydrogen-bond donors (Lipinski definition) is 2. The predicted octanol–water partition coefficient (Wildman–Crippen LogP) is 1.68. The van der Waals surface area contributed by atoms with Crippen molar-refractivity contribution < 1.29 is 9.18 Å². The molecular weight excluding hydrogens is 275 g/mol. The van der Waals surface area contributed by atoms with Crippen LogP contribution in [0, 0.1) is 5.82 Å². The van der Waals surface area contributed by atoms with E-state index in [1.807, 2.05) is 0 Å². The number of nitrogens with one attached hydrogen (secondary N) is 2. The Hall–Kier alpha value is -0.940. The molecule has 0 spiro atoms. The fourth-order valence-electron chi connectivity index (χ4n) is 1.71. The number of rotatable bonds is 2. The summed E-state index contributed by atoms with van der Waals surface area (Å²) in [6.07, 6.45) is 0.935. The van der Waals surface area contributed by atoms with Crippen molar-refractivity contribution >= 4 is 21.8 Å². The monoisotopic (exact) mass is 286 g/mol. The number of halogens is 2. The highest BCUT2D eigenvalue weighted by molar-refractivity contribution is 9.10. The summed E-state index contributed by atoms with van der Waals surface area (Å²) >= 11 is 3.18. The van der Waals surface area contributed by atoms with Gasteiger partial charge in [0.25, 0.3) is 5.91 Å². The van der Waals surface area contributed by atoms with Crippen LogP contribution in [0.3, 0.4) is 0 Å². The molecule has 1 saturated heterocycles. The average Bonchev–Trinajstić information content (AvgIpc) is 2.70. The summed E-state index contributed by atoms with van der Waals surface area (Å²) in [5.74, 6) is -0.522. The molecule has 0 aliphatic carbocycles. The lowest BCUT2D eigenvalue weighted by atomic mass is 10.2. The Morgan fingerprint density at radius 1 is 1.56 bits per heavy atom. The normalized spacial score (nSPS) is 19.8. The van der Waals surface area contributed by atoms with Crippen molar-refractivity contribution in [3.05, 3.63) is 34.1 Å². The summed E-state index contributed by atoms with van der Waals surface area (Å²) in [5.41, 5.74) is 0.466. The minimum atomic E-state index is -0.356. The number of benzene rings is 1. The average molecular weight is 287 g/mol. The van der Waals surface area contributed by atoms with Gasteiger partial charge >= 0.3 is 0 Å². The lowest BCUT2D eigenvalue weighted by Gasteiger charge is -2.12. The summed E-state index contributed by atoms with van der Waals surface area (Å²) in [4.78, 5) is 11.8. The van der Waals surface area contributed by atoms with E-state index in [0.717, 1.165) is 19.5 Å². The molecular formula is C11H12BrFN2O. The van der Waals surface area contributed by atoms with Crippen LogP contribution in [0.1, 0.15) is 16.8 Å². The highest BCUT2D eigenvalue weighted by atomic mass is 79.9. The maximum absolute atomic E-state index is 12.8. The highest BCUT2D eigenvalue weighted by Gasteiger charge is 2.18. The Bertz CT molecular complexity index is 405. The molecule has 2 rings (SSSR count). The predicted molar refractivity (Wildman–Crippen MR) is 62.8 cm³/mol. The highest BCUT2D eigenvalue weighted by Crippen LogP contribution is 2.18. The zero-order valence-corrected chi connectivity index (χ0v) is 10.2. The van der Waals surface area contributed by atoms with Gasteiger partial charge in [0.2, 0.25) is 0 Å². The van der Waals surface area contributed by atoms with Crippen LogP contribution in [-0.2, 0) is 0 Å². The van der Waals surface area contributed by atoms with Crippen LogP contribution < -0.4 is 10.6 Å². The van der Waals surface area contributed by atoms with Gasteiger partial charge in [-0.15, -0.1) is 0 Å². The smallest absolute Gasteiger partial charge is 0.252 e. The van der Waals surface area contributed by atoms with Gasteiger partial charge in [0, 0.05) is 17.1 Å². The molecule has 1 fully saturated rings. The molecule has 1 atom stereocenters. The molecule has 0 unspecified atom stereocenters. The van der Waals surface area contributed by atoms with Crippen LogP contribution in [0.4, 0.5) is 4.39 Å². The summed E-state index contributed by atoms with van der Waals surface area (Å²) in [5, 5.41) is 6.07. The Balaban J connectivity index is 2.08. The lowest BCUT2D eigenvalue weighted by Crippen LogP contribution is -2.36. The van der Waals surface area contributed by atoms with Gasteiger partial charge in [-0.25, -0.2) is 4.39 Å². The maximum Gasteiger partial charge on any atom is 0.252 e. The second-order valence-electron chi connectivity index (χ2n) is 3.79. The Morgan fingerprint density at radius 2 is 2.38 bits per heavy atom. The minimum absolute atomic E-state index is 0.166. The number of amides is 1. The van der Waals surface area contributed by atoms with Crippen molar-refractivity contribution in [1.29, 1.82) is 0 Å². The van der Waals surface area contributed by atoms with Crippen molar-refractivity contribution in [2.24, 2.45) is 0 Å². The van der Waals surface area contributed by atoms with E-state index in [0.29, 0.717) is 10.0 Å². The molecule has 1 aromatic rings. The first kappa shape index (κ1) is 11.5. The molecule has 1 aromatic carbocycles. The molecule has 1 aliphatic rings. The molecule has 1 amide bonds. The molecule has 3 nitrogen and oxygen atoms in total. The molecule has 2 N–H and O–H groups in total. The Kier molecular flexibility index (Phi) is 3.56. The quantitative estimate of drug-likeness (QED) is 0.869. The number of carbonyl (C=O) groups excluding carboxylic acids is 1. The second-order valence-corrected chi connectivity index (χ2v) is 4.64. The van der Waals surface area contributed by atoms with Crippen LogP contribution >= 0.6 is 15.9 Å². The summed E-state index contributed by atoms with van der Waals surface area (Å²) < 4.78 is 13.3. The minimum Gasteiger partial charge on any atom is -0.348 e. The van der Waals surface area contributed by atoms with E-state index in [1.54, 1.807) is 0 Å². The third kappa shape index (κ3) is 2.59. The largest absolute Gasteiger partial charge is 0.348 e. The molecule has 16 heavy (non-hydrogen) atoms. The topological polar surface area (TPSA) is 41.1 Å². The van der Waals surface area contributed by atoms with Gasteiger partial charge in [0.1, 0.15) is 5.82 Å². The van der Waals surface area contributed by atoms with Crippen LogP contribution in [0.15, 0.2) is 22.7 Å². The first-order valence-corrected chi connectivity index (χ1v) is 5.93. The van der Waals surface area contributed by atoms with Crippen LogP contribution in [0.2, 0.25) is 0 Å². The molecule has 5 heteroatoms. The van der Waals surface area contributed by atoms with Crippen molar-refractivity contribution in [2.45, 2.75) is 12.5 Å².